The van der Waals surface area contributed by atoms with Crippen LogP contribution in [0.1, 0.15) is 16.7 Å². The highest BCUT2D eigenvalue weighted by Gasteiger charge is 2.01. The molecule has 0 unspecified atom stereocenters. The predicted molar refractivity (Wildman–Crippen MR) is 66.3 cm³/mol. The van der Waals surface area contributed by atoms with Crippen molar-refractivity contribution in [2.45, 2.75) is 19.8 Å². The summed E-state index contributed by atoms with van der Waals surface area (Å²) in [6.07, 6.45) is 1.88. The Morgan fingerprint density at radius 1 is 1.07 bits per heavy atom. The number of alkyl halides is 2. The third-order valence-electron chi connectivity index (χ3n) is 2.09. The molecule has 1 aromatic rings. The molecule has 0 radical (unpaired) electrons. The lowest BCUT2D eigenvalue weighted by Gasteiger charge is -2.07. The van der Waals surface area contributed by atoms with Gasteiger partial charge in [-0.25, -0.2) is 0 Å². The van der Waals surface area contributed by atoms with Gasteiger partial charge in [0.05, 0.1) is 0 Å². The molecule has 0 aliphatic heterocycles. The van der Waals surface area contributed by atoms with E-state index in [4.69, 9.17) is 28.4 Å². The highest BCUT2D eigenvalue weighted by molar-refractivity contribution is 6.18. The van der Waals surface area contributed by atoms with Crippen LogP contribution in [0.25, 0.3) is 0 Å². The summed E-state index contributed by atoms with van der Waals surface area (Å²) < 4.78 is 0. The molecule has 1 rings (SSSR count). The summed E-state index contributed by atoms with van der Waals surface area (Å²) >= 11 is 11.4. The van der Waals surface area contributed by atoms with Crippen LogP contribution in [0.4, 0.5) is 0 Å². The summed E-state index contributed by atoms with van der Waals surface area (Å²) in [7, 11) is 0. The zero-order valence-electron chi connectivity index (χ0n) is 8.93. The van der Waals surface area contributed by atoms with E-state index >= 15 is 0 Å². The van der Waals surface area contributed by atoms with Crippen molar-refractivity contribution in [2.24, 2.45) is 0 Å². The van der Waals surface area contributed by atoms with Crippen LogP contribution in [0.3, 0.4) is 0 Å². The van der Waals surface area contributed by atoms with Crippen LogP contribution in [0, 0.1) is 12.1 Å². The maximum atomic E-state index is 8.00. The van der Waals surface area contributed by atoms with Crippen molar-refractivity contribution in [1.29, 1.82) is 0 Å². The number of benzene rings is 1. The lowest BCUT2D eigenvalue weighted by atomic mass is 10.0. The lowest BCUT2D eigenvalue weighted by molar-refractivity contribution is -0.275. The van der Waals surface area contributed by atoms with Gasteiger partial charge >= 0.3 is 0 Å². The molecule has 0 aromatic heterocycles. The molecular formula is C11H17Cl2NO. The fourth-order valence-corrected chi connectivity index (χ4v) is 1.84. The van der Waals surface area contributed by atoms with Gasteiger partial charge in [0.25, 0.3) is 0 Å². The average molecular weight is 250 g/mol. The summed E-state index contributed by atoms with van der Waals surface area (Å²) in [5.41, 5.74) is 3.97. The summed E-state index contributed by atoms with van der Waals surface area (Å²) in [6.45, 7) is 2.10. The Kier molecular flexibility index (Phi) is 8.82. The summed E-state index contributed by atoms with van der Waals surface area (Å²) in [4.78, 5) is 0. The van der Waals surface area contributed by atoms with Gasteiger partial charge < -0.3 is 11.1 Å². The van der Waals surface area contributed by atoms with Crippen molar-refractivity contribution in [3.05, 3.63) is 40.1 Å². The minimum Gasteiger partial charge on any atom is -0.637 e. The summed E-state index contributed by atoms with van der Waals surface area (Å²) in [5.74, 6) is 3.36. The Balaban J connectivity index is 0.000000921. The van der Waals surface area contributed by atoms with Gasteiger partial charge in [-0.1, -0.05) is 23.8 Å². The van der Waals surface area contributed by atoms with Crippen molar-refractivity contribution in [3.63, 3.8) is 0 Å². The second kappa shape index (κ2) is 8.98. The van der Waals surface area contributed by atoms with Crippen LogP contribution in [0.2, 0.25) is 0 Å². The smallest absolute Gasteiger partial charge is 0.0264 e. The highest BCUT2D eigenvalue weighted by Crippen LogP contribution is 2.14. The van der Waals surface area contributed by atoms with Crippen molar-refractivity contribution >= 4 is 23.2 Å². The van der Waals surface area contributed by atoms with E-state index in [1.807, 2.05) is 5.90 Å². The zero-order valence-corrected chi connectivity index (χ0v) is 10.4. The van der Waals surface area contributed by atoms with Gasteiger partial charge in [-0.3, -0.25) is 0 Å². The molecule has 0 aliphatic rings. The van der Waals surface area contributed by atoms with Crippen LogP contribution in [0.15, 0.2) is 18.2 Å². The highest BCUT2D eigenvalue weighted by atomic mass is 35.5. The lowest BCUT2D eigenvalue weighted by Crippen LogP contribution is -2.37. The molecule has 0 bridgehead atoms. The Hall–Kier alpha value is -0.280. The molecule has 0 amide bonds. The van der Waals surface area contributed by atoms with Crippen LogP contribution in [0.5, 0.6) is 0 Å². The summed E-state index contributed by atoms with van der Waals surface area (Å²) in [6, 6.07) is 6.48. The number of halogens is 2. The van der Waals surface area contributed by atoms with E-state index in [1.165, 1.54) is 16.7 Å². The maximum Gasteiger partial charge on any atom is 0.0264 e. The van der Waals surface area contributed by atoms with Crippen LogP contribution >= 0.6 is 23.2 Å². The van der Waals surface area contributed by atoms with E-state index in [-0.39, 0.29) is 0 Å². The molecule has 0 saturated carbocycles. The number of rotatable bonds is 4. The third kappa shape index (κ3) is 5.38. The average Bonchev–Trinajstić information content (AvgIpc) is 2.26. The normalized spacial score (nSPS) is 9.40. The second-order valence-corrected chi connectivity index (χ2v) is 3.91. The predicted octanol–water partition coefficient (Wildman–Crippen LogP) is 2.28. The third-order valence-corrected chi connectivity index (χ3v) is 2.47. The maximum absolute atomic E-state index is 8.00. The fourth-order valence-electron chi connectivity index (χ4n) is 1.43. The first-order chi connectivity index (χ1) is 7.27. The quantitative estimate of drug-likeness (QED) is 0.646. The molecule has 86 valence electrons. The van der Waals surface area contributed by atoms with E-state index in [0.717, 1.165) is 12.8 Å². The minimum atomic E-state index is 0.679. The molecule has 0 aliphatic carbocycles. The first-order valence-corrected chi connectivity index (χ1v) is 5.84. The van der Waals surface area contributed by atoms with Crippen molar-refractivity contribution in [3.8, 4) is 0 Å². The molecule has 0 saturated heterocycles. The van der Waals surface area contributed by atoms with Gasteiger partial charge in [-0.2, -0.15) is 0 Å². The molecule has 15 heavy (non-hydrogen) atoms. The van der Waals surface area contributed by atoms with Crippen LogP contribution in [-0.4, -0.2) is 11.8 Å². The van der Waals surface area contributed by atoms with E-state index in [0.29, 0.717) is 11.8 Å². The fraction of sp³-hybridized carbons (Fsp3) is 0.455. The SMILES string of the molecule is Cc1ccc(CCCl)c(CCCl)c1.[NH3+][O-]. The van der Waals surface area contributed by atoms with E-state index < -0.39 is 0 Å². The summed E-state index contributed by atoms with van der Waals surface area (Å²) in [5, 5.41) is 8.00. The number of aryl methyl sites for hydroxylation is 3. The van der Waals surface area contributed by atoms with Gasteiger partial charge in [0.1, 0.15) is 0 Å². The first-order valence-electron chi connectivity index (χ1n) is 4.77. The standard InChI is InChI=1S/C11H14Cl2.H3NO/c1-9-2-3-10(4-6-12)11(8-9)5-7-13;1-2/h2-3,8H,4-7H2,1H3;1H3. The molecule has 0 heterocycles. The zero-order chi connectivity index (χ0) is 11.7. The minimum absolute atomic E-state index is 0.679. The van der Waals surface area contributed by atoms with Crippen molar-refractivity contribution in [2.75, 3.05) is 11.8 Å². The van der Waals surface area contributed by atoms with Crippen LogP contribution < -0.4 is 5.90 Å². The number of hydrogen-bond acceptors (Lipinski definition) is 1. The Morgan fingerprint density at radius 2 is 1.60 bits per heavy atom. The van der Waals surface area contributed by atoms with Gasteiger partial charge in [-0.05, 0) is 30.9 Å². The topological polar surface area (TPSA) is 50.7 Å². The number of hydrogen-bond donors (Lipinski definition) is 1. The Bertz CT molecular complexity index is 279. The Labute approximate surface area is 101 Å². The first kappa shape index (κ1) is 14.7. The molecular weight excluding hydrogens is 233 g/mol. The molecule has 4 heteroatoms. The largest absolute Gasteiger partial charge is 0.637 e. The van der Waals surface area contributed by atoms with Crippen LogP contribution in [-0.2, 0) is 12.8 Å². The second-order valence-electron chi connectivity index (χ2n) is 3.15. The Morgan fingerprint density at radius 3 is 2.13 bits per heavy atom. The van der Waals surface area contributed by atoms with Gasteiger partial charge in [0, 0.05) is 11.8 Å². The van der Waals surface area contributed by atoms with Gasteiger partial charge in [-0.15, -0.1) is 23.2 Å². The molecule has 2 nitrogen and oxygen atoms in total. The molecule has 0 atom stereocenters. The van der Waals surface area contributed by atoms with Gasteiger partial charge in [0.2, 0.25) is 0 Å². The van der Waals surface area contributed by atoms with Crippen molar-refractivity contribution < 1.29 is 5.90 Å². The monoisotopic (exact) mass is 249 g/mol. The molecule has 0 spiro atoms. The molecule has 1 aromatic carbocycles. The van der Waals surface area contributed by atoms with Gasteiger partial charge in [0.15, 0.2) is 0 Å². The van der Waals surface area contributed by atoms with E-state index in [2.05, 4.69) is 25.1 Å². The van der Waals surface area contributed by atoms with E-state index in [1.54, 1.807) is 0 Å². The molecule has 3 N–H and O–H groups in total. The number of quaternary nitrogens is 1. The van der Waals surface area contributed by atoms with Crippen molar-refractivity contribution in [1.82, 2.24) is 0 Å². The van der Waals surface area contributed by atoms with E-state index in [9.17, 15) is 0 Å². The molecule has 0 fully saturated rings.